The van der Waals surface area contributed by atoms with E-state index in [2.05, 4.69) is 10.2 Å². The molecule has 3 N–H and O–H groups in total. The Kier molecular flexibility index (Phi) is 8.87. The third-order valence-corrected chi connectivity index (χ3v) is 2.98. The number of hydrogen-bond acceptors (Lipinski definition) is 4. The van der Waals surface area contributed by atoms with Gasteiger partial charge in [-0.3, -0.25) is 4.79 Å². The van der Waals surface area contributed by atoms with Gasteiger partial charge in [-0.1, -0.05) is 26.1 Å². The first-order valence-corrected chi connectivity index (χ1v) is 6.55. The van der Waals surface area contributed by atoms with Gasteiger partial charge in [0.15, 0.2) is 0 Å². The molecule has 0 saturated carbocycles. The van der Waals surface area contributed by atoms with E-state index in [0.717, 1.165) is 13.1 Å². The lowest BCUT2D eigenvalue weighted by Crippen LogP contribution is -2.43. The van der Waals surface area contributed by atoms with Crippen molar-refractivity contribution in [1.82, 2.24) is 10.2 Å². The Morgan fingerprint density at radius 1 is 1.44 bits per heavy atom. The number of hydrogen-bond donors (Lipinski definition) is 2. The third-order valence-electron chi connectivity index (χ3n) is 2.73. The van der Waals surface area contributed by atoms with Crippen molar-refractivity contribution in [1.29, 1.82) is 0 Å². The van der Waals surface area contributed by atoms with E-state index in [1.165, 1.54) is 0 Å². The SMILES string of the molecule is COCCN(C)CCNC(=O)C(C(N)=S)C(C)C. The summed E-state index contributed by atoms with van der Waals surface area (Å²) in [5.74, 6) is -0.351. The maximum absolute atomic E-state index is 11.9. The fourth-order valence-corrected chi connectivity index (χ4v) is 1.98. The Hall–Kier alpha value is -0.720. The molecule has 5 nitrogen and oxygen atoms in total. The van der Waals surface area contributed by atoms with E-state index in [9.17, 15) is 4.79 Å². The van der Waals surface area contributed by atoms with Gasteiger partial charge in [-0.2, -0.15) is 0 Å². The van der Waals surface area contributed by atoms with Crippen molar-refractivity contribution in [3.8, 4) is 0 Å². The van der Waals surface area contributed by atoms with Gasteiger partial charge in [-0.05, 0) is 13.0 Å². The van der Waals surface area contributed by atoms with Crippen LogP contribution in [0.4, 0.5) is 0 Å². The van der Waals surface area contributed by atoms with Crippen LogP contribution in [0.2, 0.25) is 0 Å². The molecule has 18 heavy (non-hydrogen) atoms. The van der Waals surface area contributed by atoms with Crippen molar-refractivity contribution < 1.29 is 9.53 Å². The summed E-state index contributed by atoms with van der Waals surface area (Å²) in [7, 11) is 3.66. The van der Waals surface area contributed by atoms with Crippen molar-refractivity contribution in [2.45, 2.75) is 13.8 Å². The first kappa shape index (κ1) is 17.3. The number of thiocarbonyl (C=S) groups is 1. The molecule has 1 atom stereocenters. The predicted molar refractivity (Wildman–Crippen MR) is 77.5 cm³/mol. The van der Waals surface area contributed by atoms with Crippen LogP contribution in [0.15, 0.2) is 0 Å². The second-order valence-corrected chi connectivity index (χ2v) is 5.18. The van der Waals surface area contributed by atoms with Crippen molar-refractivity contribution in [2.24, 2.45) is 17.6 Å². The number of likely N-dealkylation sites (N-methyl/N-ethyl adjacent to an activating group) is 1. The summed E-state index contributed by atoms with van der Waals surface area (Å²) in [6, 6.07) is 0. The predicted octanol–water partition coefficient (Wildman–Crippen LogP) is 0.239. The molecule has 0 radical (unpaired) electrons. The van der Waals surface area contributed by atoms with E-state index in [1.54, 1.807) is 7.11 Å². The summed E-state index contributed by atoms with van der Waals surface area (Å²) in [5.41, 5.74) is 5.58. The fraction of sp³-hybridized carbons (Fsp3) is 0.833. The van der Waals surface area contributed by atoms with Crippen molar-refractivity contribution in [3.05, 3.63) is 0 Å². The van der Waals surface area contributed by atoms with Gasteiger partial charge < -0.3 is 20.7 Å². The lowest BCUT2D eigenvalue weighted by Gasteiger charge is -2.20. The van der Waals surface area contributed by atoms with E-state index in [4.69, 9.17) is 22.7 Å². The van der Waals surface area contributed by atoms with Crippen molar-refractivity contribution in [2.75, 3.05) is 40.4 Å². The molecule has 0 aromatic rings. The quantitative estimate of drug-likeness (QED) is 0.590. The van der Waals surface area contributed by atoms with Gasteiger partial charge >= 0.3 is 0 Å². The third kappa shape index (κ3) is 6.88. The average molecular weight is 275 g/mol. The molecule has 0 aromatic heterocycles. The zero-order valence-corrected chi connectivity index (χ0v) is 12.5. The van der Waals surface area contributed by atoms with Gasteiger partial charge in [0.05, 0.1) is 17.5 Å². The first-order valence-electron chi connectivity index (χ1n) is 6.14. The topological polar surface area (TPSA) is 67.6 Å². The van der Waals surface area contributed by atoms with Gasteiger partial charge in [0, 0.05) is 26.7 Å². The van der Waals surface area contributed by atoms with Crippen LogP contribution in [0.25, 0.3) is 0 Å². The lowest BCUT2D eigenvalue weighted by molar-refractivity contribution is -0.124. The van der Waals surface area contributed by atoms with E-state index in [1.807, 2.05) is 20.9 Å². The van der Waals surface area contributed by atoms with Crippen molar-refractivity contribution >= 4 is 23.1 Å². The molecule has 0 rings (SSSR count). The highest BCUT2D eigenvalue weighted by Gasteiger charge is 2.24. The fourth-order valence-electron chi connectivity index (χ4n) is 1.60. The van der Waals surface area contributed by atoms with Gasteiger partial charge in [-0.15, -0.1) is 0 Å². The smallest absolute Gasteiger partial charge is 0.230 e. The minimum Gasteiger partial charge on any atom is -0.393 e. The number of rotatable bonds is 9. The van der Waals surface area contributed by atoms with Gasteiger partial charge in [0.25, 0.3) is 0 Å². The van der Waals surface area contributed by atoms with Crippen LogP contribution in [0.1, 0.15) is 13.8 Å². The largest absolute Gasteiger partial charge is 0.393 e. The van der Waals surface area contributed by atoms with Crippen LogP contribution in [-0.2, 0) is 9.53 Å². The highest BCUT2D eigenvalue weighted by Crippen LogP contribution is 2.11. The van der Waals surface area contributed by atoms with Crippen LogP contribution in [0.3, 0.4) is 0 Å². The Balaban J connectivity index is 3.98. The zero-order valence-electron chi connectivity index (χ0n) is 11.7. The minimum absolute atomic E-state index is 0.0855. The number of carbonyl (C=O) groups excluding carboxylic acids is 1. The molecule has 0 aliphatic heterocycles. The Morgan fingerprint density at radius 2 is 2.06 bits per heavy atom. The number of nitrogens with zero attached hydrogens (tertiary/aromatic N) is 1. The maximum Gasteiger partial charge on any atom is 0.230 e. The molecule has 0 bridgehead atoms. The molecule has 0 aliphatic carbocycles. The summed E-state index contributed by atoms with van der Waals surface area (Å²) in [6.07, 6.45) is 0. The number of nitrogens with one attached hydrogen (secondary N) is 1. The molecule has 1 amide bonds. The summed E-state index contributed by atoms with van der Waals surface area (Å²) >= 11 is 4.92. The monoisotopic (exact) mass is 275 g/mol. The normalized spacial score (nSPS) is 12.8. The highest BCUT2D eigenvalue weighted by atomic mass is 32.1. The molecule has 1 unspecified atom stereocenters. The van der Waals surface area contributed by atoms with Crippen molar-refractivity contribution in [3.63, 3.8) is 0 Å². The summed E-state index contributed by atoms with van der Waals surface area (Å²) in [4.78, 5) is 14.3. The Labute approximate surface area is 115 Å². The summed E-state index contributed by atoms with van der Waals surface area (Å²) in [5, 5.41) is 2.86. The van der Waals surface area contributed by atoms with Gasteiger partial charge in [0.1, 0.15) is 0 Å². The molecule has 0 saturated heterocycles. The van der Waals surface area contributed by atoms with Crippen LogP contribution in [-0.4, -0.2) is 56.2 Å². The number of amides is 1. The lowest BCUT2D eigenvalue weighted by atomic mass is 9.95. The zero-order chi connectivity index (χ0) is 14.1. The van der Waals surface area contributed by atoms with Crippen LogP contribution < -0.4 is 11.1 Å². The molecule has 0 spiro atoms. The Bertz CT molecular complexity index is 272. The number of carbonyl (C=O) groups is 1. The Morgan fingerprint density at radius 3 is 2.50 bits per heavy atom. The molecule has 0 fully saturated rings. The molecule has 106 valence electrons. The minimum atomic E-state index is -0.385. The standard InChI is InChI=1S/C12H25N3O2S/c1-9(2)10(11(13)18)12(16)14-5-6-15(3)7-8-17-4/h9-10H,5-8H2,1-4H3,(H2,13,18)(H,14,16). The van der Waals surface area contributed by atoms with Crippen LogP contribution in [0.5, 0.6) is 0 Å². The van der Waals surface area contributed by atoms with Crippen LogP contribution >= 0.6 is 12.2 Å². The summed E-state index contributed by atoms with van der Waals surface area (Å²) < 4.78 is 4.98. The van der Waals surface area contributed by atoms with E-state index in [-0.39, 0.29) is 22.7 Å². The summed E-state index contributed by atoms with van der Waals surface area (Å²) in [6.45, 7) is 6.77. The van der Waals surface area contributed by atoms with E-state index in [0.29, 0.717) is 13.2 Å². The van der Waals surface area contributed by atoms with Gasteiger partial charge in [-0.25, -0.2) is 0 Å². The second-order valence-electron chi connectivity index (χ2n) is 4.71. The molecule has 0 aliphatic rings. The first-order chi connectivity index (χ1) is 8.40. The van der Waals surface area contributed by atoms with E-state index >= 15 is 0 Å². The highest BCUT2D eigenvalue weighted by molar-refractivity contribution is 7.80. The molecular formula is C12H25N3O2S. The number of ether oxygens (including phenoxy) is 1. The number of nitrogens with two attached hydrogens (primary N) is 1. The molecule has 0 heterocycles. The van der Waals surface area contributed by atoms with E-state index < -0.39 is 0 Å². The second kappa shape index (κ2) is 9.24. The maximum atomic E-state index is 11.9. The molecule has 0 aromatic carbocycles. The average Bonchev–Trinajstić information content (AvgIpc) is 2.25. The molecular weight excluding hydrogens is 250 g/mol. The number of methoxy groups -OCH3 is 1. The van der Waals surface area contributed by atoms with Gasteiger partial charge in [0.2, 0.25) is 5.91 Å². The molecule has 6 heteroatoms. The van der Waals surface area contributed by atoms with Crippen LogP contribution in [0, 0.1) is 11.8 Å².